The van der Waals surface area contributed by atoms with Gasteiger partial charge in [-0.25, -0.2) is 9.67 Å². The fraction of sp³-hybridized carbons (Fsp3) is 0.333. The third-order valence-electron chi connectivity index (χ3n) is 3.02. The van der Waals surface area contributed by atoms with Crippen LogP contribution in [0.4, 0.5) is 0 Å². The van der Waals surface area contributed by atoms with Gasteiger partial charge in [0.15, 0.2) is 0 Å². The molecule has 104 valence electrons. The van der Waals surface area contributed by atoms with Crippen molar-refractivity contribution in [2.75, 3.05) is 0 Å². The van der Waals surface area contributed by atoms with Gasteiger partial charge in [0.2, 0.25) is 0 Å². The highest BCUT2D eigenvalue weighted by atomic mass is 35.5. The van der Waals surface area contributed by atoms with Crippen LogP contribution in [0.5, 0.6) is 0 Å². The van der Waals surface area contributed by atoms with Gasteiger partial charge in [-0.1, -0.05) is 16.8 Å². The first kappa shape index (κ1) is 13.3. The summed E-state index contributed by atoms with van der Waals surface area (Å²) in [4.78, 5) is 4.63. The van der Waals surface area contributed by atoms with Crippen molar-refractivity contribution in [3.63, 3.8) is 0 Å². The van der Waals surface area contributed by atoms with E-state index in [2.05, 4.69) is 27.3 Å². The van der Waals surface area contributed by atoms with E-state index in [1.807, 2.05) is 23.3 Å². The van der Waals surface area contributed by atoms with Gasteiger partial charge in [-0.05, 0) is 6.92 Å². The van der Waals surface area contributed by atoms with Crippen molar-refractivity contribution in [2.24, 2.45) is 7.05 Å². The minimum Gasteiger partial charge on any atom is -0.268 e. The lowest BCUT2D eigenvalue weighted by atomic mass is 10.2. The van der Waals surface area contributed by atoms with Gasteiger partial charge in [-0.3, -0.25) is 4.68 Å². The van der Waals surface area contributed by atoms with E-state index >= 15 is 0 Å². The van der Waals surface area contributed by atoms with Crippen LogP contribution in [0.2, 0.25) is 5.02 Å². The lowest BCUT2D eigenvalue weighted by Crippen LogP contribution is -2.08. The van der Waals surface area contributed by atoms with Crippen LogP contribution in [-0.4, -0.2) is 29.8 Å². The van der Waals surface area contributed by atoms with Gasteiger partial charge in [-0.2, -0.15) is 5.10 Å². The van der Waals surface area contributed by atoms with Crippen LogP contribution < -0.4 is 0 Å². The number of aromatic nitrogens is 6. The first-order valence-corrected chi connectivity index (χ1v) is 7.38. The maximum absolute atomic E-state index is 5.88. The predicted octanol–water partition coefficient (Wildman–Crippen LogP) is 2.59. The number of thiazole rings is 1. The summed E-state index contributed by atoms with van der Waals surface area (Å²) in [5, 5.41) is 15.7. The Hall–Kier alpha value is -1.73. The summed E-state index contributed by atoms with van der Waals surface area (Å²) in [6.45, 7) is 2.09. The minimum atomic E-state index is 0.214. The molecule has 0 aromatic carbocycles. The van der Waals surface area contributed by atoms with Crippen LogP contribution in [0.15, 0.2) is 24.0 Å². The lowest BCUT2D eigenvalue weighted by molar-refractivity contribution is 0.488. The van der Waals surface area contributed by atoms with Crippen LogP contribution in [0.25, 0.3) is 11.4 Å². The molecule has 20 heavy (non-hydrogen) atoms. The normalized spacial score (nSPS) is 12.8. The molecule has 3 rings (SSSR count). The predicted molar refractivity (Wildman–Crippen MR) is 77.8 cm³/mol. The Morgan fingerprint density at radius 2 is 2.25 bits per heavy atom. The van der Waals surface area contributed by atoms with Crippen molar-refractivity contribution >= 4 is 22.9 Å². The second-order valence-electron chi connectivity index (χ2n) is 4.56. The molecule has 0 radical (unpaired) electrons. The molecule has 0 aliphatic heterocycles. The molecule has 3 aromatic rings. The maximum atomic E-state index is 5.88. The number of aryl methyl sites for hydroxylation is 1. The number of hydrogen-bond acceptors (Lipinski definition) is 5. The maximum Gasteiger partial charge on any atom is 0.107 e. The molecule has 0 saturated carbocycles. The molecule has 0 N–H and O–H groups in total. The van der Waals surface area contributed by atoms with E-state index in [4.69, 9.17) is 11.6 Å². The topological polar surface area (TPSA) is 61.4 Å². The Kier molecular flexibility index (Phi) is 3.54. The Morgan fingerprint density at radius 3 is 2.90 bits per heavy atom. The molecular weight excluding hydrogens is 296 g/mol. The molecule has 1 atom stereocenters. The SMILES string of the molecule is C[C@@H](Cc1nc(-c2cnnn2C)cs1)n1cc(Cl)cn1. The first-order valence-electron chi connectivity index (χ1n) is 6.12. The Balaban J connectivity index is 1.76. The van der Waals surface area contributed by atoms with Gasteiger partial charge in [-0.15, -0.1) is 16.4 Å². The van der Waals surface area contributed by atoms with Gasteiger partial charge < -0.3 is 0 Å². The highest BCUT2D eigenvalue weighted by Crippen LogP contribution is 2.23. The first-order chi connectivity index (χ1) is 9.63. The second kappa shape index (κ2) is 5.34. The smallest absolute Gasteiger partial charge is 0.107 e. The molecule has 6 nitrogen and oxygen atoms in total. The number of halogens is 1. The second-order valence-corrected chi connectivity index (χ2v) is 5.94. The molecule has 0 unspecified atom stereocenters. The summed E-state index contributed by atoms with van der Waals surface area (Å²) < 4.78 is 3.57. The Morgan fingerprint density at radius 1 is 1.40 bits per heavy atom. The Bertz CT molecular complexity index is 715. The molecule has 0 saturated heterocycles. The fourth-order valence-corrected chi connectivity index (χ4v) is 3.00. The molecule has 0 fully saturated rings. The van der Waals surface area contributed by atoms with E-state index in [9.17, 15) is 0 Å². The van der Waals surface area contributed by atoms with Crippen molar-refractivity contribution in [1.29, 1.82) is 0 Å². The minimum absolute atomic E-state index is 0.214. The summed E-state index contributed by atoms with van der Waals surface area (Å²) in [7, 11) is 1.86. The van der Waals surface area contributed by atoms with E-state index in [1.54, 1.807) is 28.4 Å². The number of rotatable bonds is 4. The molecule has 0 bridgehead atoms. The Labute approximate surface area is 125 Å². The van der Waals surface area contributed by atoms with Crippen molar-refractivity contribution < 1.29 is 0 Å². The van der Waals surface area contributed by atoms with E-state index in [1.165, 1.54) is 0 Å². The molecule has 3 heterocycles. The number of nitrogens with zero attached hydrogens (tertiary/aromatic N) is 6. The molecule has 0 amide bonds. The molecular formula is C12H13ClN6S. The van der Waals surface area contributed by atoms with Crippen LogP contribution in [0.3, 0.4) is 0 Å². The summed E-state index contributed by atoms with van der Waals surface area (Å²) in [6.07, 6.45) is 6.00. The summed E-state index contributed by atoms with van der Waals surface area (Å²) in [5.74, 6) is 0. The highest BCUT2D eigenvalue weighted by molar-refractivity contribution is 7.09. The van der Waals surface area contributed by atoms with Crippen molar-refractivity contribution in [1.82, 2.24) is 29.8 Å². The number of hydrogen-bond donors (Lipinski definition) is 0. The third kappa shape index (κ3) is 2.59. The molecule has 8 heteroatoms. The van der Waals surface area contributed by atoms with Gasteiger partial charge >= 0.3 is 0 Å². The summed E-state index contributed by atoms with van der Waals surface area (Å²) in [6, 6.07) is 0.214. The average molecular weight is 309 g/mol. The van der Waals surface area contributed by atoms with Crippen molar-refractivity contribution in [2.45, 2.75) is 19.4 Å². The van der Waals surface area contributed by atoms with E-state index < -0.39 is 0 Å². The van der Waals surface area contributed by atoms with E-state index in [0.717, 1.165) is 22.8 Å². The third-order valence-corrected chi connectivity index (χ3v) is 4.09. The molecule has 0 aliphatic carbocycles. The van der Waals surface area contributed by atoms with Crippen molar-refractivity contribution in [3.8, 4) is 11.4 Å². The zero-order valence-electron chi connectivity index (χ0n) is 11.1. The fourth-order valence-electron chi connectivity index (χ4n) is 1.95. The van der Waals surface area contributed by atoms with Crippen LogP contribution >= 0.6 is 22.9 Å². The monoisotopic (exact) mass is 308 g/mol. The lowest BCUT2D eigenvalue weighted by Gasteiger charge is -2.09. The van der Waals surface area contributed by atoms with E-state index in [0.29, 0.717) is 5.02 Å². The quantitative estimate of drug-likeness (QED) is 0.743. The highest BCUT2D eigenvalue weighted by Gasteiger charge is 2.13. The molecule has 0 aliphatic rings. The molecule has 3 aromatic heterocycles. The standard InChI is InChI=1S/C12H13ClN6S/c1-8(19-6-9(13)4-15-19)3-12-16-10(7-20-12)11-5-14-17-18(11)2/h4-8H,3H2,1-2H3/t8-/m0/s1. The van der Waals surface area contributed by atoms with Crippen molar-refractivity contribution in [3.05, 3.63) is 34.0 Å². The van der Waals surface area contributed by atoms with Gasteiger partial charge in [0.25, 0.3) is 0 Å². The van der Waals surface area contributed by atoms with Gasteiger partial charge in [0, 0.05) is 25.0 Å². The van der Waals surface area contributed by atoms with Gasteiger partial charge in [0.1, 0.15) is 11.4 Å². The van der Waals surface area contributed by atoms with Crippen LogP contribution in [0, 0.1) is 0 Å². The summed E-state index contributed by atoms with van der Waals surface area (Å²) >= 11 is 7.52. The molecule has 0 spiro atoms. The average Bonchev–Trinajstić information content (AvgIpc) is 3.10. The summed E-state index contributed by atoms with van der Waals surface area (Å²) in [5.41, 5.74) is 1.82. The largest absolute Gasteiger partial charge is 0.268 e. The van der Waals surface area contributed by atoms with Crippen LogP contribution in [0.1, 0.15) is 18.0 Å². The zero-order valence-corrected chi connectivity index (χ0v) is 12.6. The van der Waals surface area contributed by atoms with Gasteiger partial charge in [0.05, 0.1) is 28.5 Å². The zero-order chi connectivity index (χ0) is 14.1. The van der Waals surface area contributed by atoms with Crippen LogP contribution in [-0.2, 0) is 13.5 Å². The van der Waals surface area contributed by atoms with E-state index in [-0.39, 0.29) is 6.04 Å².